The van der Waals surface area contributed by atoms with Gasteiger partial charge in [0.15, 0.2) is 0 Å². The fourth-order valence-corrected chi connectivity index (χ4v) is 3.01. The van der Waals surface area contributed by atoms with Crippen LogP contribution in [-0.4, -0.2) is 56.7 Å². The van der Waals surface area contributed by atoms with Crippen molar-refractivity contribution < 1.29 is 13.2 Å². The maximum atomic E-state index is 11.5. The molecule has 118 valence electrons. The summed E-state index contributed by atoms with van der Waals surface area (Å²) in [7, 11) is -3.12. The highest BCUT2D eigenvalue weighted by molar-refractivity contribution is 7.88. The number of ether oxygens (including phenoxy) is 1. The Kier molecular flexibility index (Phi) is 4.89. The lowest BCUT2D eigenvalue weighted by atomic mass is 10.3. The molecule has 7 nitrogen and oxygen atoms in total. The van der Waals surface area contributed by atoms with E-state index in [2.05, 4.69) is 4.98 Å². The van der Waals surface area contributed by atoms with Crippen LogP contribution in [0.2, 0.25) is 0 Å². The highest BCUT2D eigenvalue weighted by atomic mass is 32.2. The lowest BCUT2D eigenvalue weighted by Gasteiger charge is -2.34. The Morgan fingerprint density at radius 2 is 1.95 bits per heavy atom. The molecule has 0 aromatic carbocycles. The molecule has 0 aliphatic carbocycles. The fourth-order valence-electron chi connectivity index (χ4n) is 2.18. The monoisotopic (exact) mass is 314 g/mol. The van der Waals surface area contributed by atoms with Crippen molar-refractivity contribution >= 4 is 21.5 Å². The molecule has 2 N–H and O–H groups in total. The number of pyridine rings is 1. The van der Waals surface area contributed by atoms with Gasteiger partial charge >= 0.3 is 0 Å². The van der Waals surface area contributed by atoms with E-state index >= 15 is 0 Å². The molecule has 2 rings (SSSR count). The summed E-state index contributed by atoms with van der Waals surface area (Å²) in [6, 6.07) is 3.61. The maximum Gasteiger partial charge on any atom is 0.239 e. The Bertz CT molecular complexity index is 583. The van der Waals surface area contributed by atoms with E-state index in [1.165, 1.54) is 10.6 Å². The van der Waals surface area contributed by atoms with Crippen LogP contribution in [0.3, 0.4) is 0 Å². The van der Waals surface area contributed by atoms with Gasteiger partial charge in [-0.05, 0) is 18.6 Å². The van der Waals surface area contributed by atoms with E-state index in [9.17, 15) is 8.42 Å². The number of sulfonamides is 1. The van der Waals surface area contributed by atoms with Crippen LogP contribution >= 0.6 is 0 Å². The van der Waals surface area contributed by atoms with E-state index in [1.807, 2.05) is 17.9 Å². The molecule has 21 heavy (non-hydrogen) atoms. The second-order valence-electron chi connectivity index (χ2n) is 5.06. The van der Waals surface area contributed by atoms with Gasteiger partial charge in [-0.25, -0.2) is 8.42 Å². The summed E-state index contributed by atoms with van der Waals surface area (Å²) >= 11 is 0. The van der Waals surface area contributed by atoms with E-state index in [4.69, 9.17) is 10.5 Å². The molecule has 1 aromatic heterocycles. The number of hydrogen-bond acceptors (Lipinski definition) is 6. The van der Waals surface area contributed by atoms with Gasteiger partial charge in [-0.15, -0.1) is 0 Å². The van der Waals surface area contributed by atoms with Gasteiger partial charge in [0.1, 0.15) is 5.82 Å². The molecule has 8 heteroatoms. The average Bonchev–Trinajstić information content (AvgIpc) is 2.46. The summed E-state index contributed by atoms with van der Waals surface area (Å²) in [4.78, 5) is 6.47. The van der Waals surface area contributed by atoms with Crippen LogP contribution < -0.4 is 15.4 Å². The average molecular weight is 314 g/mol. The minimum atomic E-state index is -3.12. The van der Waals surface area contributed by atoms with Crippen molar-refractivity contribution in [3.8, 4) is 5.88 Å². The molecule has 1 aliphatic rings. The lowest BCUT2D eigenvalue weighted by molar-refractivity contribution is 0.306. The SMILES string of the molecule is CCCOc1nc(N2CCN(S(C)(=O)=O)CC2)ccc1N. The molecule has 1 saturated heterocycles. The van der Waals surface area contributed by atoms with Crippen molar-refractivity contribution in [2.75, 3.05) is 49.7 Å². The van der Waals surface area contributed by atoms with Gasteiger partial charge < -0.3 is 15.4 Å². The number of nitrogen functional groups attached to an aromatic ring is 1. The van der Waals surface area contributed by atoms with Gasteiger partial charge in [-0.3, -0.25) is 0 Å². The van der Waals surface area contributed by atoms with Crippen molar-refractivity contribution in [1.82, 2.24) is 9.29 Å². The van der Waals surface area contributed by atoms with Gasteiger partial charge in [0, 0.05) is 26.2 Å². The van der Waals surface area contributed by atoms with E-state index in [0.29, 0.717) is 44.4 Å². The normalized spacial score (nSPS) is 17.0. The Morgan fingerprint density at radius 3 is 2.52 bits per heavy atom. The minimum absolute atomic E-state index is 0.444. The molecule has 0 radical (unpaired) electrons. The molecule has 0 unspecified atom stereocenters. The first-order valence-corrected chi connectivity index (χ1v) is 8.86. The first-order valence-electron chi connectivity index (χ1n) is 7.01. The predicted molar refractivity (Wildman–Crippen MR) is 83.1 cm³/mol. The van der Waals surface area contributed by atoms with Gasteiger partial charge in [-0.2, -0.15) is 9.29 Å². The number of hydrogen-bond donors (Lipinski definition) is 1. The van der Waals surface area contributed by atoms with Crippen LogP contribution in [0.4, 0.5) is 11.5 Å². The Hall–Kier alpha value is -1.54. The van der Waals surface area contributed by atoms with Crippen LogP contribution in [0, 0.1) is 0 Å². The Labute approximate surface area is 125 Å². The molecule has 1 aliphatic heterocycles. The Morgan fingerprint density at radius 1 is 1.29 bits per heavy atom. The molecule has 0 spiro atoms. The van der Waals surface area contributed by atoms with Gasteiger partial charge in [0.05, 0.1) is 18.6 Å². The van der Waals surface area contributed by atoms with Crippen LogP contribution in [0.1, 0.15) is 13.3 Å². The van der Waals surface area contributed by atoms with Gasteiger partial charge in [-0.1, -0.05) is 6.92 Å². The summed E-state index contributed by atoms with van der Waals surface area (Å²) < 4.78 is 30.0. The third kappa shape index (κ3) is 3.98. The molecule has 1 fully saturated rings. The van der Waals surface area contributed by atoms with Gasteiger partial charge in [0.2, 0.25) is 15.9 Å². The molecule has 0 saturated carbocycles. The van der Waals surface area contributed by atoms with Crippen molar-refractivity contribution in [3.63, 3.8) is 0 Å². The summed E-state index contributed by atoms with van der Waals surface area (Å²) in [5, 5.41) is 0. The molecular weight excluding hydrogens is 292 g/mol. The molecule has 0 atom stereocenters. The van der Waals surface area contributed by atoms with Crippen molar-refractivity contribution in [1.29, 1.82) is 0 Å². The Balaban J connectivity index is 2.06. The quantitative estimate of drug-likeness (QED) is 0.853. The minimum Gasteiger partial charge on any atom is -0.476 e. The summed E-state index contributed by atoms with van der Waals surface area (Å²) in [5.41, 5.74) is 6.36. The van der Waals surface area contributed by atoms with Crippen LogP contribution in [0.25, 0.3) is 0 Å². The highest BCUT2D eigenvalue weighted by Gasteiger charge is 2.24. The number of piperazine rings is 1. The molecule has 1 aromatic rings. The van der Waals surface area contributed by atoms with E-state index in [-0.39, 0.29) is 0 Å². The first-order chi connectivity index (χ1) is 9.91. The summed E-state index contributed by atoms with van der Waals surface area (Å²) in [6.07, 6.45) is 2.12. The number of aromatic nitrogens is 1. The number of nitrogens with zero attached hydrogens (tertiary/aromatic N) is 3. The van der Waals surface area contributed by atoms with Gasteiger partial charge in [0.25, 0.3) is 0 Å². The van der Waals surface area contributed by atoms with Crippen LogP contribution in [-0.2, 0) is 10.0 Å². The zero-order valence-corrected chi connectivity index (χ0v) is 13.3. The van der Waals surface area contributed by atoms with E-state index < -0.39 is 10.0 Å². The van der Waals surface area contributed by atoms with Crippen molar-refractivity contribution in [2.24, 2.45) is 0 Å². The zero-order valence-electron chi connectivity index (χ0n) is 12.4. The van der Waals surface area contributed by atoms with E-state index in [1.54, 1.807) is 6.07 Å². The third-order valence-corrected chi connectivity index (χ3v) is 4.65. The van der Waals surface area contributed by atoms with Crippen LogP contribution in [0.15, 0.2) is 12.1 Å². The zero-order chi connectivity index (χ0) is 15.5. The fraction of sp³-hybridized carbons (Fsp3) is 0.615. The second-order valence-corrected chi connectivity index (χ2v) is 7.04. The topological polar surface area (TPSA) is 88.8 Å². The summed E-state index contributed by atoms with van der Waals surface area (Å²) in [5.74, 6) is 1.21. The lowest BCUT2D eigenvalue weighted by Crippen LogP contribution is -2.48. The number of rotatable bonds is 5. The van der Waals surface area contributed by atoms with Crippen molar-refractivity contribution in [2.45, 2.75) is 13.3 Å². The summed E-state index contributed by atoms with van der Waals surface area (Å²) in [6.45, 7) is 4.74. The molecular formula is C13H22N4O3S. The second kappa shape index (κ2) is 6.48. The molecule has 0 amide bonds. The third-order valence-electron chi connectivity index (χ3n) is 3.35. The predicted octanol–water partition coefficient (Wildman–Crippen LogP) is 0.534. The largest absolute Gasteiger partial charge is 0.476 e. The van der Waals surface area contributed by atoms with Crippen molar-refractivity contribution in [3.05, 3.63) is 12.1 Å². The first kappa shape index (κ1) is 15.8. The number of nitrogens with two attached hydrogens (primary N) is 1. The molecule has 0 bridgehead atoms. The number of anilines is 2. The van der Waals surface area contributed by atoms with E-state index in [0.717, 1.165) is 12.2 Å². The standard InChI is InChI=1S/C13H22N4O3S/c1-3-10-20-13-11(14)4-5-12(15-13)16-6-8-17(9-7-16)21(2,18)19/h4-5H,3,6-10,14H2,1-2H3. The molecule has 2 heterocycles. The highest BCUT2D eigenvalue weighted by Crippen LogP contribution is 2.24. The van der Waals surface area contributed by atoms with Crippen LogP contribution in [0.5, 0.6) is 5.88 Å². The maximum absolute atomic E-state index is 11.5. The smallest absolute Gasteiger partial charge is 0.239 e.